The molecule has 5 rings (SSSR count). The molecule has 192 valence electrons. The van der Waals surface area contributed by atoms with Crippen LogP contribution >= 0.6 is 11.3 Å². The summed E-state index contributed by atoms with van der Waals surface area (Å²) in [6, 6.07) is 0. The Morgan fingerprint density at radius 2 is 1.97 bits per heavy atom. The second-order valence-electron chi connectivity index (χ2n) is 9.83. The van der Waals surface area contributed by atoms with Gasteiger partial charge in [0.2, 0.25) is 0 Å². The number of hydrogen-bond donors (Lipinski definition) is 3. The zero-order valence-corrected chi connectivity index (χ0v) is 20.1. The second-order valence-corrected chi connectivity index (χ2v) is 10.8. The third kappa shape index (κ3) is 4.47. The monoisotopic (exact) mass is 513 g/mol. The van der Waals surface area contributed by atoms with E-state index in [9.17, 15) is 28.5 Å². The molecule has 0 radical (unpaired) electrons. The maximum Gasteiger partial charge on any atom is 0.425 e. The lowest BCUT2D eigenvalue weighted by Crippen LogP contribution is -2.45. The lowest BCUT2D eigenvalue weighted by molar-refractivity contribution is -0.135. The minimum absolute atomic E-state index is 0.0116. The predicted octanol–water partition coefficient (Wildman–Crippen LogP) is 2.82. The quantitative estimate of drug-likeness (QED) is 0.494. The molecule has 0 aromatic carbocycles. The molecule has 2 aromatic rings. The number of thiophene rings is 1. The van der Waals surface area contributed by atoms with Gasteiger partial charge >= 0.3 is 6.18 Å². The van der Waals surface area contributed by atoms with Crippen molar-refractivity contribution >= 4 is 11.3 Å². The average molecular weight is 514 g/mol. The molecule has 1 aliphatic carbocycles. The Balaban J connectivity index is 1.24. The number of nitrogens with zero attached hydrogens (tertiary/aromatic N) is 3. The summed E-state index contributed by atoms with van der Waals surface area (Å²) in [4.78, 5) is 2.16. The summed E-state index contributed by atoms with van der Waals surface area (Å²) in [6.07, 6.45) is 4.42. The summed E-state index contributed by atoms with van der Waals surface area (Å²) in [5, 5.41) is 34.2. The largest absolute Gasteiger partial charge is 0.425 e. The fourth-order valence-electron chi connectivity index (χ4n) is 5.48. The van der Waals surface area contributed by atoms with Crippen molar-refractivity contribution in [3.8, 4) is 0 Å². The molecular weight excluding hydrogens is 483 g/mol. The molecular formula is C24H30F3N3O4S. The van der Waals surface area contributed by atoms with E-state index in [1.807, 2.05) is 18.3 Å². The minimum Gasteiger partial charge on any atom is -0.395 e. The zero-order valence-electron chi connectivity index (χ0n) is 19.3. The van der Waals surface area contributed by atoms with Gasteiger partial charge in [-0.1, -0.05) is 12.2 Å². The smallest absolute Gasteiger partial charge is 0.395 e. The zero-order chi connectivity index (χ0) is 24.8. The van der Waals surface area contributed by atoms with Crippen molar-refractivity contribution in [3.05, 3.63) is 51.0 Å². The molecule has 7 nitrogen and oxygen atoms in total. The number of fused-ring (bicyclic) bond motifs is 2. The highest BCUT2D eigenvalue weighted by molar-refractivity contribution is 7.12. The number of halogens is 3. The molecule has 3 N–H and O–H groups in total. The van der Waals surface area contributed by atoms with Crippen LogP contribution in [0.2, 0.25) is 0 Å². The molecule has 1 fully saturated rings. The molecule has 2 unspecified atom stereocenters. The predicted molar refractivity (Wildman–Crippen MR) is 123 cm³/mol. The van der Waals surface area contributed by atoms with E-state index in [1.165, 1.54) is 0 Å². The van der Waals surface area contributed by atoms with Crippen LogP contribution in [0.1, 0.15) is 45.7 Å². The van der Waals surface area contributed by atoms with E-state index in [0.29, 0.717) is 62.4 Å². The minimum atomic E-state index is -4.48. The first-order valence-corrected chi connectivity index (χ1v) is 12.7. The van der Waals surface area contributed by atoms with E-state index in [4.69, 9.17) is 4.74 Å². The molecule has 0 bridgehead atoms. The molecule has 2 aromatic heterocycles. The maximum absolute atomic E-state index is 13.6. The van der Waals surface area contributed by atoms with Crippen LogP contribution in [0, 0.1) is 5.41 Å². The number of aliphatic hydroxyl groups is 3. The number of likely N-dealkylation sites (tertiary alicyclic amines) is 1. The average Bonchev–Trinajstić information content (AvgIpc) is 3.40. The summed E-state index contributed by atoms with van der Waals surface area (Å²) in [5.74, 6) is 0. The first-order chi connectivity index (χ1) is 16.7. The van der Waals surface area contributed by atoms with Gasteiger partial charge in [0.25, 0.3) is 0 Å². The van der Waals surface area contributed by atoms with Gasteiger partial charge in [-0.05, 0) is 31.2 Å². The van der Waals surface area contributed by atoms with Gasteiger partial charge in [0, 0.05) is 47.3 Å². The Kier molecular flexibility index (Phi) is 6.60. The molecule has 1 spiro atoms. The molecule has 11 heteroatoms. The lowest BCUT2D eigenvalue weighted by atomic mass is 9.72. The third-order valence-electron chi connectivity index (χ3n) is 7.70. The number of piperidine rings is 1. The normalized spacial score (nSPS) is 25.0. The van der Waals surface area contributed by atoms with Crippen molar-refractivity contribution in [1.82, 2.24) is 14.7 Å². The summed E-state index contributed by atoms with van der Waals surface area (Å²) in [5.41, 5.74) is 0.295. The van der Waals surface area contributed by atoms with Gasteiger partial charge < -0.3 is 20.1 Å². The van der Waals surface area contributed by atoms with Gasteiger partial charge in [-0.25, -0.2) is 0 Å². The van der Waals surface area contributed by atoms with Crippen molar-refractivity contribution in [2.45, 2.75) is 63.3 Å². The Labute approximate surface area is 205 Å². The Hall–Kier alpha value is -1.76. The van der Waals surface area contributed by atoms with E-state index in [-0.39, 0.29) is 18.7 Å². The number of alkyl halides is 3. The number of aromatic nitrogens is 2. The van der Waals surface area contributed by atoms with Crippen LogP contribution in [0.25, 0.3) is 0 Å². The fraction of sp³-hybridized carbons (Fsp3) is 0.625. The van der Waals surface area contributed by atoms with Crippen LogP contribution in [-0.4, -0.2) is 62.4 Å². The standard InChI is InChI=1S/C24H30F3N3O4S/c25-24(26,27)21-18(14-31)17-2-9-34-23(20(17)35-21)5-7-29(8-6-23)11-16-10-28-30(12-16)13-19(33)22(15-32)3-1-4-22/h1,3,10,12,19,31-33H,2,4-9,11,13-15H2. The van der Waals surface area contributed by atoms with Gasteiger partial charge in [0.1, 0.15) is 10.5 Å². The first kappa shape index (κ1) is 24.9. The van der Waals surface area contributed by atoms with Crippen molar-refractivity contribution in [2.75, 3.05) is 26.3 Å². The number of rotatable bonds is 7. The summed E-state index contributed by atoms with van der Waals surface area (Å²) >= 11 is 0.735. The van der Waals surface area contributed by atoms with E-state index in [2.05, 4.69) is 10.00 Å². The van der Waals surface area contributed by atoms with Gasteiger partial charge in [0.05, 0.1) is 38.7 Å². The topological polar surface area (TPSA) is 91.0 Å². The van der Waals surface area contributed by atoms with Gasteiger partial charge in [-0.3, -0.25) is 9.58 Å². The molecule has 2 aliphatic heterocycles. The molecule has 2 atom stereocenters. The Morgan fingerprint density at radius 1 is 1.23 bits per heavy atom. The van der Waals surface area contributed by atoms with Crippen LogP contribution in [0.4, 0.5) is 13.2 Å². The van der Waals surface area contributed by atoms with Crippen molar-refractivity contribution < 1.29 is 33.2 Å². The fourth-order valence-corrected chi connectivity index (χ4v) is 6.91. The number of hydrogen-bond acceptors (Lipinski definition) is 7. The lowest BCUT2D eigenvalue weighted by Gasteiger charge is -2.43. The highest BCUT2D eigenvalue weighted by Gasteiger charge is 2.47. The highest BCUT2D eigenvalue weighted by Crippen LogP contribution is 2.50. The molecule has 35 heavy (non-hydrogen) atoms. The molecule has 0 saturated carbocycles. The summed E-state index contributed by atoms with van der Waals surface area (Å²) < 4.78 is 48.6. The molecule has 3 aliphatic rings. The third-order valence-corrected chi connectivity index (χ3v) is 9.20. The first-order valence-electron chi connectivity index (χ1n) is 11.9. The van der Waals surface area contributed by atoms with Gasteiger partial charge in [-0.2, -0.15) is 18.3 Å². The van der Waals surface area contributed by atoms with Gasteiger partial charge in [0.15, 0.2) is 0 Å². The van der Waals surface area contributed by atoms with Crippen LogP contribution in [0.5, 0.6) is 0 Å². The van der Waals surface area contributed by atoms with Crippen LogP contribution < -0.4 is 0 Å². The number of ether oxygens (including phenoxy) is 1. The Morgan fingerprint density at radius 3 is 2.57 bits per heavy atom. The van der Waals surface area contributed by atoms with Crippen molar-refractivity contribution in [3.63, 3.8) is 0 Å². The maximum atomic E-state index is 13.6. The van der Waals surface area contributed by atoms with Crippen molar-refractivity contribution in [2.24, 2.45) is 5.41 Å². The van der Waals surface area contributed by atoms with Crippen LogP contribution in [0.3, 0.4) is 0 Å². The van der Waals surface area contributed by atoms with E-state index >= 15 is 0 Å². The Bertz CT molecular complexity index is 1090. The summed E-state index contributed by atoms with van der Waals surface area (Å²) in [7, 11) is 0. The molecule has 4 heterocycles. The highest BCUT2D eigenvalue weighted by atomic mass is 32.1. The second kappa shape index (κ2) is 9.28. The van der Waals surface area contributed by atoms with E-state index in [0.717, 1.165) is 16.9 Å². The van der Waals surface area contributed by atoms with Crippen LogP contribution in [-0.2, 0) is 42.6 Å². The van der Waals surface area contributed by atoms with Gasteiger partial charge in [-0.15, -0.1) is 11.3 Å². The van der Waals surface area contributed by atoms with Crippen molar-refractivity contribution in [1.29, 1.82) is 0 Å². The van der Waals surface area contributed by atoms with E-state index < -0.39 is 34.8 Å². The number of allylic oxidation sites excluding steroid dienone is 1. The molecule has 1 saturated heterocycles. The summed E-state index contributed by atoms with van der Waals surface area (Å²) in [6.45, 7) is 1.90. The van der Waals surface area contributed by atoms with E-state index in [1.54, 1.807) is 10.9 Å². The van der Waals surface area contributed by atoms with Crippen LogP contribution in [0.15, 0.2) is 24.5 Å². The number of aliphatic hydroxyl groups excluding tert-OH is 3. The molecule has 0 amide bonds. The SMILES string of the molecule is OCc1c(C(F)(F)F)sc2c1CCOC21CCN(Cc2cnn(CC(O)C3(CO)C=CC3)c2)CC1.